The number of rotatable bonds is 5. The maximum atomic E-state index is 12.3. The molecule has 0 aliphatic carbocycles. The van der Waals surface area contributed by atoms with Gasteiger partial charge in [0.2, 0.25) is 12.3 Å². The van der Waals surface area contributed by atoms with Crippen molar-refractivity contribution in [2.45, 2.75) is 45.3 Å². The van der Waals surface area contributed by atoms with Gasteiger partial charge in [0.05, 0.1) is 12.2 Å². The van der Waals surface area contributed by atoms with Gasteiger partial charge >= 0.3 is 0 Å². The van der Waals surface area contributed by atoms with Gasteiger partial charge in [-0.15, -0.1) is 0 Å². The molecule has 0 spiro atoms. The molecule has 1 aliphatic rings. The minimum Gasteiger partial charge on any atom is -0.356 e. The number of amides is 1. The molecule has 6 heteroatoms. The summed E-state index contributed by atoms with van der Waals surface area (Å²) in [5.41, 5.74) is 5.86. The SMILES string of the molecule is COC(O)NC(C(=O)N1CCCC1N)C(C)C. The highest BCUT2D eigenvalue weighted by molar-refractivity contribution is 5.82. The van der Waals surface area contributed by atoms with Crippen molar-refractivity contribution in [2.24, 2.45) is 11.7 Å². The molecule has 4 N–H and O–H groups in total. The molecule has 1 heterocycles. The Morgan fingerprint density at radius 3 is 2.65 bits per heavy atom. The van der Waals surface area contributed by atoms with E-state index in [1.165, 1.54) is 7.11 Å². The Morgan fingerprint density at radius 1 is 1.59 bits per heavy atom. The minimum absolute atomic E-state index is 0.0556. The Kier molecular flexibility index (Phi) is 5.32. The normalized spacial score (nSPS) is 24.1. The Morgan fingerprint density at radius 2 is 2.24 bits per heavy atom. The number of hydrogen-bond acceptors (Lipinski definition) is 5. The fourth-order valence-electron chi connectivity index (χ4n) is 2.02. The Bertz CT molecular complexity index is 260. The molecule has 1 aliphatic heterocycles. The summed E-state index contributed by atoms with van der Waals surface area (Å²) in [6.45, 7) is 4.52. The standard InChI is InChI=1S/C11H23N3O3/c1-7(2)9(13-11(16)17-3)10(15)14-6-4-5-8(14)12/h7-9,11,13,16H,4-6,12H2,1-3H3. The van der Waals surface area contributed by atoms with E-state index in [1.54, 1.807) is 4.90 Å². The van der Waals surface area contributed by atoms with Gasteiger partial charge in [-0.2, -0.15) is 0 Å². The lowest BCUT2D eigenvalue weighted by molar-refractivity contribution is -0.144. The first kappa shape index (κ1) is 14.4. The van der Waals surface area contributed by atoms with Crippen LogP contribution in [0, 0.1) is 5.92 Å². The summed E-state index contributed by atoms with van der Waals surface area (Å²) in [5.74, 6) is -0.0128. The fraction of sp³-hybridized carbons (Fsp3) is 0.909. The lowest BCUT2D eigenvalue weighted by Crippen LogP contribution is -2.55. The number of likely N-dealkylation sites (tertiary alicyclic amines) is 1. The van der Waals surface area contributed by atoms with E-state index in [2.05, 4.69) is 5.32 Å². The quantitative estimate of drug-likeness (QED) is 0.565. The molecule has 1 fully saturated rings. The van der Waals surface area contributed by atoms with Crippen molar-refractivity contribution in [1.82, 2.24) is 10.2 Å². The van der Waals surface area contributed by atoms with Crippen LogP contribution in [0.5, 0.6) is 0 Å². The molecule has 0 aromatic carbocycles. The number of nitrogens with two attached hydrogens (primary N) is 1. The molecule has 3 atom stereocenters. The van der Waals surface area contributed by atoms with Crippen LogP contribution in [0.1, 0.15) is 26.7 Å². The zero-order chi connectivity index (χ0) is 13.0. The largest absolute Gasteiger partial charge is 0.356 e. The van der Waals surface area contributed by atoms with Crippen LogP contribution in [0.15, 0.2) is 0 Å². The van der Waals surface area contributed by atoms with Crippen molar-refractivity contribution in [3.8, 4) is 0 Å². The number of aliphatic hydroxyl groups is 1. The molecule has 100 valence electrons. The number of methoxy groups -OCH3 is 1. The van der Waals surface area contributed by atoms with E-state index < -0.39 is 12.5 Å². The molecule has 1 saturated heterocycles. The van der Waals surface area contributed by atoms with Crippen molar-refractivity contribution in [1.29, 1.82) is 0 Å². The predicted octanol–water partition coefficient (Wildman–Crippen LogP) is -0.570. The topological polar surface area (TPSA) is 87.8 Å². The highest BCUT2D eigenvalue weighted by Crippen LogP contribution is 2.16. The predicted molar refractivity (Wildman–Crippen MR) is 63.7 cm³/mol. The van der Waals surface area contributed by atoms with Gasteiger partial charge in [0.1, 0.15) is 0 Å². The summed E-state index contributed by atoms with van der Waals surface area (Å²) < 4.78 is 4.71. The van der Waals surface area contributed by atoms with Crippen molar-refractivity contribution in [3.63, 3.8) is 0 Å². The van der Waals surface area contributed by atoms with Gasteiger partial charge in [-0.1, -0.05) is 13.8 Å². The van der Waals surface area contributed by atoms with Gasteiger partial charge in [-0.25, -0.2) is 0 Å². The summed E-state index contributed by atoms with van der Waals surface area (Å²) in [4.78, 5) is 13.9. The van der Waals surface area contributed by atoms with Crippen LogP contribution in [0.3, 0.4) is 0 Å². The second-order valence-corrected chi connectivity index (χ2v) is 4.72. The number of hydrogen-bond donors (Lipinski definition) is 3. The summed E-state index contributed by atoms with van der Waals surface area (Å²) >= 11 is 0. The molecule has 0 aromatic rings. The first-order chi connectivity index (χ1) is 7.97. The number of nitrogens with zero attached hydrogens (tertiary/aromatic N) is 1. The summed E-state index contributed by atoms with van der Waals surface area (Å²) in [7, 11) is 1.38. The Balaban J connectivity index is 2.66. The van der Waals surface area contributed by atoms with E-state index in [-0.39, 0.29) is 18.0 Å². The minimum atomic E-state index is -1.13. The van der Waals surface area contributed by atoms with Gasteiger partial charge in [0, 0.05) is 13.7 Å². The molecule has 17 heavy (non-hydrogen) atoms. The van der Waals surface area contributed by atoms with Gasteiger partial charge in [0.15, 0.2) is 0 Å². The molecular weight excluding hydrogens is 222 g/mol. The number of ether oxygens (including phenoxy) is 1. The third-order valence-electron chi connectivity index (χ3n) is 3.06. The van der Waals surface area contributed by atoms with E-state index in [4.69, 9.17) is 10.5 Å². The van der Waals surface area contributed by atoms with Crippen molar-refractivity contribution in [3.05, 3.63) is 0 Å². The van der Waals surface area contributed by atoms with E-state index in [9.17, 15) is 9.90 Å². The molecule has 1 rings (SSSR count). The fourth-order valence-corrected chi connectivity index (χ4v) is 2.02. The smallest absolute Gasteiger partial charge is 0.241 e. The van der Waals surface area contributed by atoms with E-state index in [0.29, 0.717) is 6.54 Å². The van der Waals surface area contributed by atoms with Crippen LogP contribution in [0.25, 0.3) is 0 Å². The maximum absolute atomic E-state index is 12.3. The van der Waals surface area contributed by atoms with Crippen LogP contribution in [0.2, 0.25) is 0 Å². The van der Waals surface area contributed by atoms with Crippen LogP contribution in [0.4, 0.5) is 0 Å². The lowest BCUT2D eigenvalue weighted by Gasteiger charge is -2.30. The van der Waals surface area contributed by atoms with E-state index in [0.717, 1.165) is 12.8 Å². The number of carbonyl (C=O) groups excluding carboxylic acids is 1. The van der Waals surface area contributed by atoms with E-state index in [1.807, 2.05) is 13.8 Å². The number of aliphatic hydroxyl groups excluding tert-OH is 1. The van der Waals surface area contributed by atoms with Crippen molar-refractivity contribution < 1.29 is 14.6 Å². The van der Waals surface area contributed by atoms with Crippen LogP contribution < -0.4 is 11.1 Å². The van der Waals surface area contributed by atoms with Gasteiger partial charge < -0.3 is 20.5 Å². The van der Waals surface area contributed by atoms with Gasteiger partial charge in [0.25, 0.3) is 0 Å². The second kappa shape index (κ2) is 6.30. The highest BCUT2D eigenvalue weighted by atomic mass is 16.6. The van der Waals surface area contributed by atoms with Crippen molar-refractivity contribution >= 4 is 5.91 Å². The first-order valence-electron chi connectivity index (χ1n) is 6.00. The van der Waals surface area contributed by atoms with Crippen LogP contribution in [-0.4, -0.2) is 48.2 Å². The molecule has 0 aromatic heterocycles. The highest BCUT2D eigenvalue weighted by Gasteiger charge is 2.33. The van der Waals surface area contributed by atoms with Gasteiger partial charge in [-0.3, -0.25) is 10.1 Å². The molecule has 1 amide bonds. The monoisotopic (exact) mass is 245 g/mol. The molecule has 6 nitrogen and oxygen atoms in total. The average molecular weight is 245 g/mol. The second-order valence-electron chi connectivity index (χ2n) is 4.72. The summed E-state index contributed by atoms with van der Waals surface area (Å²) in [6.07, 6.45) is 0.434. The van der Waals surface area contributed by atoms with Crippen LogP contribution >= 0.6 is 0 Å². The molecule has 0 saturated carbocycles. The molecule has 3 unspecified atom stereocenters. The lowest BCUT2D eigenvalue weighted by atomic mass is 10.0. The molecular formula is C11H23N3O3. The first-order valence-corrected chi connectivity index (χ1v) is 6.00. The zero-order valence-corrected chi connectivity index (χ0v) is 10.7. The zero-order valence-electron chi connectivity index (χ0n) is 10.7. The Labute approximate surface area is 102 Å². The van der Waals surface area contributed by atoms with Crippen LogP contribution in [-0.2, 0) is 9.53 Å². The van der Waals surface area contributed by atoms with E-state index >= 15 is 0 Å². The Hall–Kier alpha value is -0.690. The third kappa shape index (κ3) is 3.64. The number of carbonyl (C=O) groups is 1. The number of nitrogens with one attached hydrogen (secondary N) is 1. The molecule has 0 radical (unpaired) electrons. The van der Waals surface area contributed by atoms with Gasteiger partial charge in [-0.05, 0) is 18.8 Å². The maximum Gasteiger partial charge on any atom is 0.241 e. The summed E-state index contributed by atoms with van der Waals surface area (Å²) in [5, 5.41) is 12.1. The van der Waals surface area contributed by atoms with Crippen molar-refractivity contribution in [2.75, 3.05) is 13.7 Å². The average Bonchev–Trinajstić information content (AvgIpc) is 2.70. The molecule has 0 bridgehead atoms. The third-order valence-corrected chi connectivity index (χ3v) is 3.06. The summed E-state index contributed by atoms with van der Waals surface area (Å²) in [6, 6.07) is -0.478.